The first-order valence-electron chi connectivity index (χ1n) is 10.7. The lowest BCUT2D eigenvalue weighted by molar-refractivity contribution is -0.114. The maximum atomic E-state index is 12.2. The average Bonchev–Trinajstić information content (AvgIpc) is 3.15. The van der Waals surface area contributed by atoms with Crippen LogP contribution in [0.5, 0.6) is 0 Å². The third kappa shape index (κ3) is 4.08. The fourth-order valence-electron chi connectivity index (χ4n) is 4.23. The molecule has 0 saturated heterocycles. The molecule has 1 amide bonds. The highest BCUT2D eigenvalue weighted by atomic mass is 32.2. The van der Waals surface area contributed by atoms with Gasteiger partial charge in [-0.25, -0.2) is 9.78 Å². The summed E-state index contributed by atoms with van der Waals surface area (Å²) < 4.78 is 7.66. The van der Waals surface area contributed by atoms with Crippen molar-refractivity contribution in [3.05, 3.63) is 82.0 Å². The lowest BCUT2D eigenvalue weighted by Gasteiger charge is -2.15. The zero-order chi connectivity index (χ0) is 22.1. The van der Waals surface area contributed by atoms with Crippen LogP contribution in [0.25, 0.3) is 16.7 Å². The number of para-hydroxylation sites is 1. The summed E-state index contributed by atoms with van der Waals surface area (Å²) in [6.07, 6.45) is 4.38. The van der Waals surface area contributed by atoms with Crippen LogP contribution in [0.3, 0.4) is 0 Å². The third-order valence-corrected chi connectivity index (χ3v) is 6.61. The first kappa shape index (κ1) is 20.6. The zero-order valence-electron chi connectivity index (χ0n) is 17.8. The quantitative estimate of drug-likeness (QED) is 0.341. The van der Waals surface area contributed by atoms with Crippen molar-refractivity contribution in [2.24, 2.45) is 0 Å². The van der Waals surface area contributed by atoms with E-state index in [1.54, 1.807) is 23.9 Å². The van der Waals surface area contributed by atoms with Gasteiger partial charge in [0.2, 0.25) is 5.91 Å². The molecule has 0 spiro atoms. The van der Waals surface area contributed by atoms with Gasteiger partial charge in [-0.2, -0.15) is 0 Å². The minimum Gasteiger partial charge on any atom is -0.423 e. The number of imidazole rings is 1. The molecule has 2 aromatic carbocycles. The van der Waals surface area contributed by atoms with Crippen LogP contribution in [0.4, 0.5) is 5.69 Å². The van der Waals surface area contributed by atoms with Crippen LogP contribution in [-0.4, -0.2) is 15.5 Å². The van der Waals surface area contributed by atoms with Crippen molar-refractivity contribution in [1.82, 2.24) is 9.55 Å². The second-order valence-corrected chi connectivity index (χ2v) is 8.88. The van der Waals surface area contributed by atoms with Gasteiger partial charge in [-0.1, -0.05) is 30.0 Å². The number of rotatable bonds is 5. The Morgan fingerprint density at radius 3 is 2.75 bits per heavy atom. The fraction of sp³-hybridized carbons (Fsp3) is 0.240. The maximum absolute atomic E-state index is 12.2. The van der Waals surface area contributed by atoms with E-state index >= 15 is 0 Å². The normalized spacial score (nSPS) is 13.2. The van der Waals surface area contributed by atoms with E-state index < -0.39 is 5.63 Å². The van der Waals surface area contributed by atoms with E-state index in [9.17, 15) is 9.59 Å². The van der Waals surface area contributed by atoms with Crippen LogP contribution in [0.2, 0.25) is 0 Å². The second kappa shape index (κ2) is 8.67. The van der Waals surface area contributed by atoms with E-state index in [-0.39, 0.29) is 5.91 Å². The summed E-state index contributed by atoms with van der Waals surface area (Å²) in [5, 5.41) is 4.53. The molecule has 2 aromatic heterocycles. The van der Waals surface area contributed by atoms with Gasteiger partial charge in [0.15, 0.2) is 5.16 Å². The van der Waals surface area contributed by atoms with Crippen LogP contribution in [-0.2, 0) is 23.4 Å². The average molecular weight is 446 g/mol. The molecule has 1 aliphatic carbocycles. The molecular formula is C25H23N3O3S. The molecule has 0 fully saturated rings. The Hall–Kier alpha value is -3.32. The molecule has 4 aromatic rings. The molecule has 32 heavy (non-hydrogen) atoms. The van der Waals surface area contributed by atoms with Crippen molar-refractivity contribution in [2.75, 3.05) is 5.32 Å². The van der Waals surface area contributed by atoms with Crippen molar-refractivity contribution in [3.8, 4) is 5.69 Å². The second-order valence-electron chi connectivity index (χ2n) is 7.94. The number of benzene rings is 2. The molecule has 0 unspecified atom stereocenters. The number of hydrogen-bond donors (Lipinski definition) is 1. The van der Waals surface area contributed by atoms with Gasteiger partial charge >= 0.3 is 5.63 Å². The van der Waals surface area contributed by atoms with Gasteiger partial charge < -0.3 is 9.73 Å². The highest BCUT2D eigenvalue weighted by molar-refractivity contribution is 7.98. The number of nitrogens with zero attached hydrogens (tertiary/aromatic N) is 2. The molecule has 7 heteroatoms. The summed E-state index contributed by atoms with van der Waals surface area (Å²) in [5.74, 6) is 0.416. The van der Waals surface area contributed by atoms with Gasteiger partial charge in [0.25, 0.3) is 0 Å². The van der Waals surface area contributed by atoms with Crippen LogP contribution < -0.4 is 10.9 Å². The summed E-state index contributed by atoms with van der Waals surface area (Å²) in [4.78, 5) is 28.5. The van der Waals surface area contributed by atoms with E-state index in [4.69, 9.17) is 9.40 Å². The number of amides is 1. The minimum atomic E-state index is -0.404. The van der Waals surface area contributed by atoms with E-state index in [1.807, 2.05) is 30.3 Å². The van der Waals surface area contributed by atoms with Crippen molar-refractivity contribution in [3.63, 3.8) is 0 Å². The van der Waals surface area contributed by atoms with Gasteiger partial charge in [-0.05, 0) is 55.5 Å². The molecule has 1 N–H and O–H groups in total. The molecule has 5 rings (SSSR count). The molecular weight excluding hydrogens is 422 g/mol. The topological polar surface area (TPSA) is 77.1 Å². The summed E-state index contributed by atoms with van der Waals surface area (Å²) in [6, 6.07) is 17.3. The van der Waals surface area contributed by atoms with E-state index in [1.165, 1.54) is 31.2 Å². The minimum absolute atomic E-state index is 0.171. The Morgan fingerprint density at radius 1 is 1.12 bits per heavy atom. The molecule has 162 valence electrons. The summed E-state index contributed by atoms with van der Waals surface area (Å²) in [7, 11) is 0. The zero-order valence-corrected chi connectivity index (χ0v) is 18.6. The number of fused-ring (bicyclic) bond motifs is 2. The Labute approximate surface area is 189 Å². The predicted molar refractivity (Wildman–Crippen MR) is 127 cm³/mol. The van der Waals surface area contributed by atoms with Gasteiger partial charge in [-0.3, -0.25) is 9.36 Å². The number of anilines is 1. The molecule has 0 radical (unpaired) electrons. The van der Waals surface area contributed by atoms with Crippen LogP contribution in [0.15, 0.2) is 69.0 Å². The first-order valence-corrected chi connectivity index (χ1v) is 11.7. The van der Waals surface area contributed by atoms with Gasteiger partial charge in [0.05, 0.1) is 5.69 Å². The molecule has 2 heterocycles. The smallest absolute Gasteiger partial charge is 0.336 e. The predicted octanol–water partition coefficient (Wildman–Crippen LogP) is 5.11. The van der Waals surface area contributed by atoms with Crippen LogP contribution >= 0.6 is 11.8 Å². The van der Waals surface area contributed by atoms with E-state index in [0.717, 1.165) is 34.6 Å². The number of hydrogen-bond acceptors (Lipinski definition) is 5. The summed E-state index contributed by atoms with van der Waals surface area (Å²) in [6.45, 7) is 1.45. The molecule has 0 aliphatic heterocycles. The molecule has 6 nitrogen and oxygen atoms in total. The maximum Gasteiger partial charge on any atom is 0.336 e. The van der Waals surface area contributed by atoms with Crippen LogP contribution in [0.1, 0.15) is 36.7 Å². The monoisotopic (exact) mass is 445 g/mol. The Morgan fingerprint density at radius 2 is 1.94 bits per heavy atom. The number of carbonyl (C=O) groups is 1. The molecule has 0 atom stereocenters. The standard InChI is InChI=1S/C25H23N3O3S/c1-16(29)26-18-11-12-20-17(13-24(30)31-23(20)14-18)15-32-25-27-21-9-5-6-10-22(21)28(25)19-7-3-2-4-8-19/h2-4,7-8,11-14H,5-6,9-10,15H2,1H3,(H,26,29). The largest absolute Gasteiger partial charge is 0.423 e. The van der Waals surface area contributed by atoms with Crippen molar-refractivity contribution in [2.45, 2.75) is 43.5 Å². The molecule has 0 bridgehead atoms. The Bertz CT molecular complexity index is 1360. The lowest BCUT2D eigenvalue weighted by atomic mass is 10.0. The Balaban J connectivity index is 1.50. The number of nitrogens with one attached hydrogen (secondary N) is 1. The van der Waals surface area contributed by atoms with Gasteiger partial charge in [0, 0.05) is 47.3 Å². The fourth-order valence-corrected chi connectivity index (χ4v) is 5.27. The summed E-state index contributed by atoms with van der Waals surface area (Å²) >= 11 is 1.63. The molecule has 0 saturated carbocycles. The van der Waals surface area contributed by atoms with Crippen molar-refractivity contribution < 1.29 is 9.21 Å². The first-order chi connectivity index (χ1) is 15.6. The van der Waals surface area contributed by atoms with E-state index in [0.29, 0.717) is 17.0 Å². The highest BCUT2D eigenvalue weighted by Gasteiger charge is 2.21. The van der Waals surface area contributed by atoms with Gasteiger partial charge in [0.1, 0.15) is 5.58 Å². The van der Waals surface area contributed by atoms with Crippen molar-refractivity contribution >= 4 is 34.3 Å². The van der Waals surface area contributed by atoms with E-state index in [2.05, 4.69) is 22.0 Å². The van der Waals surface area contributed by atoms with Gasteiger partial charge in [-0.15, -0.1) is 0 Å². The number of aryl methyl sites for hydroxylation is 1. The SMILES string of the molecule is CC(=O)Nc1ccc2c(CSc3nc4c(n3-c3ccccc3)CCCC4)cc(=O)oc2c1. The lowest BCUT2D eigenvalue weighted by Crippen LogP contribution is -2.07. The number of thioether (sulfide) groups is 1. The Kier molecular flexibility index (Phi) is 5.57. The van der Waals surface area contributed by atoms with Crippen LogP contribution in [0, 0.1) is 0 Å². The number of carbonyl (C=O) groups excluding carboxylic acids is 1. The molecule has 1 aliphatic rings. The summed E-state index contributed by atoms with van der Waals surface area (Å²) in [5.41, 5.74) is 5.13. The number of aromatic nitrogens is 2. The third-order valence-electron chi connectivity index (χ3n) is 5.62. The van der Waals surface area contributed by atoms with Crippen molar-refractivity contribution in [1.29, 1.82) is 0 Å². The highest BCUT2D eigenvalue weighted by Crippen LogP contribution is 2.33.